The zero-order valence-corrected chi connectivity index (χ0v) is 25.1. The predicted molar refractivity (Wildman–Crippen MR) is 194 cm³/mol. The van der Waals surface area contributed by atoms with Crippen molar-refractivity contribution in [1.29, 1.82) is 0 Å². The Morgan fingerprint density at radius 2 is 0.956 bits per heavy atom. The molecule has 210 valence electrons. The number of aromatic nitrogens is 1. The Bertz CT molecular complexity index is 2700. The summed E-state index contributed by atoms with van der Waals surface area (Å²) in [5, 5.41) is 7.82. The minimum Gasteiger partial charge on any atom is -0.310 e. The Hall–Kier alpha value is -5.64. The molecule has 0 bridgehead atoms. The van der Waals surface area contributed by atoms with Crippen LogP contribution in [0.15, 0.2) is 158 Å². The maximum atomic E-state index is 2.46. The number of rotatable bonds is 4. The molecule has 10 rings (SSSR count). The molecule has 0 unspecified atom stereocenters. The highest BCUT2D eigenvalue weighted by Crippen LogP contribution is 2.44. The van der Waals surface area contributed by atoms with E-state index in [-0.39, 0.29) is 0 Å². The van der Waals surface area contributed by atoms with Gasteiger partial charge in [-0.2, -0.15) is 0 Å². The third-order valence-corrected chi connectivity index (χ3v) is 10.5. The van der Waals surface area contributed by atoms with E-state index in [1.165, 1.54) is 69.4 Å². The van der Waals surface area contributed by atoms with Crippen molar-refractivity contribution in [1.82, 2.24) is 4.40 Å². The van der Waals surface area contributed by atoms with E-state index in [0.717, 1.165) is 17.1 Å². The average Bonchev–Trinajstić information content (AvgIpc) is 3.76. The van der Waals surface area contributed by atoms with Crippen molar-refractivity contribution in [3.8, 4) is 11.1 Å². The van der Waals surface area contributed by atoms with Gasteiger partial charge in [-0.25, -0.2) is 0 Å². The van der Waals surface area contributed by atoms with E-state index in [9.17, 15) is 0 Å². The molecule has 0 saturated carbocycles. The summed E-state index contributed by atoms with van der Waals surface area (Å²) in [7, 11) is 0. The fourth-order valence-corrected chi connectivity index (χ4v) is 8.43. The van der Waals surface area contributed by atoms with Crippen LogP contribution in [0.1, 0.15) is 0 Å². The fraction of sp³-hybridized carbons (Fsp3) is 0. The molecule has 0 saturated heterocycles. The number of thiophene rings is 1. The maximum Gasteiger partial charge on any atom is 0.0620 e. The van der Waals surface area contributed by atoms with E-state index >= 15 is 0 Å². The van der Waals surface area contributed by atoms with E-state index in [4.69, 9.17) is 0 Å². The Balaban J connectivity index is 1.22. The maximum absolute atomic E-state index is 2.46. The number of hydrogen-bond donors (Lipinski definition) is 0. The Morgan fingerprint density at radius 1 is 0.378 bits per heavy atom. The number of anilines is 3. The number of fused-ring (bicyclic) bond motifs is 9. The fourth-order valence-electron chi connectivity index (χ4n) is 7.29. The van der Waals surface area contributed by atoms with E-state index in [1.807, 2.05) is 11.3 Å². The summed E-state index contributed by atoms with van der Waals surface area (Å²) < 4.78 is 5.08. The third kappa shape index (κ3) is 3.62. The van der Waals surface area contributed by atoms with Crippen LogP contribution in [0.25, 0.3) is 69.4 Å². The molecule has 3 heterocycles. The molecule has 0 N–H and O–H groups in total. The van der Waals surface area contributed by atoms with Crippen molar-refractivity contribution < 1.29 is 0 Å². The minimum atomic E-state index is 1.13. The van der Waals surface area contributed by atoms with Gasteiger partial charge in [0.05, 0.1) is 16.6 Å². The van der Waals surface area contributed by atoms with Gasteiger partial charge in [0.15, 0.2) is 0 Å². The first-order valence-electron chi connectivity index (χ1n) is 15.4. The van der Waals surface area contributed by atoms with Crippen molar-refractivity contribution >= 4 is 86.7 Å². The van der Waals surface area contributed by atoms with Gasteiger partial charge in [-0.15, -0.1) is 11.3 Å². The first-order chi connectivity index (χ1) is 22.3. The lowest BCUT2D eigenvalue weighted by Gasteiger charge is -2.26. The molecule has 0 spiro atoms. The molecule has 0 aliphatic heterocycles. The van der Waals surface area contributed by atoms with Crippen LogP contribution in [0.3, 0.4) is 0 Å². The quantitative estimate of drug-likeness (QED) is 0.198. The van der Waals surface area contributed by atoms with Crippen LogP contribution in [-0.2, 0) is 0 Å². The SMILES string of the molecule is c1ccc(-c2ccc(N(c3ccc4c(c3)sc3ccccc34)c3ccc4c5cccc6c7ccccc7n(c4c3)c65)cc2)cc1. The van der Waals surface area contributed by atoms with Gasteiger partial charge in [-0.3, -0.25) is 0 Å². The Morgan fingerprint density at radius 3 is 1.78 bits per heavy atom. The number of nitrogens with zero attached hydrogens (tertiary/aromatic N) is 2. The Labute approximate surface area is 264 Å². The number of benzene rings is 7. The van der Waals surface area contributed by atoms with E-state index in [0.29, 0.717) is 0 Å². The molecule has 3 heteroatoms. The van der Waals surface area contributed by atoms with Gasteiger partial charge in [0.1, 0.15) is 0 Å². The standard InChI is InChI=1S/C42H26N2S/c1-2-9-27(10-3-1)28-17-19-29(20-18-28)43(31-22-24-35-34-12-5-7-16-40(34)45-41(35)26-31)30-21-23-33-37-14-8-13-36-32-11-4-6-15-38(32)44(42(36)37)39(33)25-30/h1-26H. The van der Waals surface area contributed by atoms with Crippen LogP contribution in [0.5, 0.6) is 0 Å². The first-order valence-corrected chi connectivity index (χ1v) is 16.2. The van der Waals surface area contributed by atoms with Crippen molar-refractivity contribution in [2.75, 3.05) is 4.90 Å². The van der Waals surface area contributed by atoms with Crippen LogP contribution in [-0.4, -0.2) is 4.40 Å². The molecular formula is C42H26N2S. The van der Waals surface area contributed by atoms with Crippen LogP contribution >= 0.6 is 11.3 Å². The zero-order valence-electron chi connectivity index (χ0n) is 24.3. The average molecular weight is 591 g/mol. The molecule has 45 heavy (non-hydrogen) atoms. The molecule has 3 aromatic heterocycles. The number of para-hydroxylation sites is 2. The van der Waals surface area contributed by atoms with E-state index in [1.54, 1.807) is 0 Å². The van der Waals surface area contributed by atoms with Crippen molar-refractivity contribution in [3.05, 3.63) is 158 Å². The molecule has 0 radical (unpaired) electrons. The van der Waals surface area contributed by atoms with Gasteiger partial charge in [-0.05, 0) is 59.7 Å². The van der Waals surface area contributed by atoms with E-state index in [2.05, 4.69) is 167 Å². The molecule has 0 aliphatic rings. The molecule has 7 aromatic carbocycles. The second-order valence-electron chi connectivity index (χ2n) is 11.8. The van der Waals surface area contributed by atoms with Crippen LogP contribution < -0.4 is 4.90 Å². The van der Waals surface area contributed by atoms with Crippen LogP contribution in [0, 0.1) is 0 Å². The summed E-state index contributed by atoms with van der Waals surface area (Å²) in [5.74, 6) is 0. The highest BCUT2D eigenvalue weighted by atomic mass is 32.1. The zero-order chi connectivity index (χ0) is 29.5. The second kappa shape index (κ2) is 9.43. The highest BCUT2D eigenvalue weighted by Gasteiger charge is 2.20. The van der Waals surface area contributed by atoms with Gasteiger partial charge >= 0.3 is 0 Å². The summed E-state index contributed by atoms with van der Waals surface area (Å²) in [6, 6.07) is 57.7. The minimum absolute atomic E-state index is 1.13. The van der Waals surface area contributed by atoms with Crippen molar-refractivity contribution in [3.63, 3.8) is 0 Å². The normalized spacial score (nSPS) is 12.0. The van der Waals surface area contributed by atoms with Crippen molar-refractivity contribution in [2.45, 2.75) is 0 Å². The lowest BCUT2D eigenvalue weighted by molar-refractivity contribution is 1.29. The molecule has 0 amide bonds. The monoisotopic (exact) mass is 590 g/mol. The van der Waals surface area contributed by atoms with Crippen LogP contribution in [0.4, 0.5) is 17.1 Å². The largest absolute Gasteiger partial charge is 0.310 e. The van der Waals surface area contributed by atoms with Gasteiger partial charge < -0.3 is 9.30 Å². The Kier molecular flexibility index (Phi) is 5.19. The predicted octanol–water partition coefficient (Wildman–Crippen LogP) is 12.3. The molecule has 0 atom stereocenters. The summed E-state index contributed by atoms with van der Waals surface area (Å²) in [6.07, 6.45) is 0. The molecule has 10 aromatic rings. The second-order valence-corrected chi connectivity index (χ2v) is 12.9. The molecule has 0 aliphatic carbocycles. The third-order valence-electron chi connectivity index (χ3n) is 9.32. The summed E-state index contributed by atoms with van der Waals surface area (Å²) in [5.41, 5.74) is 9.64. The molecule has 2 nitrogen and oxygen atoms in total. The lowest BCUT2D eigenvalue weighted by Crippen LogP contribution is -2.09. The summed E-state index contributed by atoms with van der Waals surface area (Å²) in [6.45, 7) is 0. The van der Waals surface area contributed by atoms with Crippen LogP contribution in [0.2, 0.25) is 0 Å². The summed E-state index contributed by atoms with van der Waals surface area (Å²) in [4.78, 5) is 2.41. The van der Waals surface area contributed by atoms with Gasteiger partial charge in [-0.1, -0.05) is 109 Å². The lowest BCUT2D eigenvalue weighted by atomic mass is 10.0. The van der Waals surface area contributed by atoms with Gasteiger partial charge in [0.2, 0.25) is 0 Å². The topological polar surface area (TPSA) is 7.65 Å². The van der Waals surface area contributed by atoms with Gasteiger partial charge in [0, 0.05) is 58.8 Å². The summed E-state index contributed by atoms with van der Waals surface area (Å²) >= 11 is 1.86. The van der Waals surface area contributed by atoms with E-state index < -0.39 is 0 Å². The molecular weight excluding hydrogens is 565 g/mol. The van der Waals surface area contributed by atoms with Crippen molar-refractivity contribution in [2.24, 2.45) is 0 Å². The number of hydrogen-bond acceptors (Lipinski definition) is 2. The first kappa shape index (κ1) is 24.8. The smallest absolute Gasteiger partial charge is 0.0620 e. The molecule has 0 fully saturated rings. The highest BCUT2D eigenvalue weighted by molar-refractivity contribution is 7.25. The van der Waals surface area contributed by atoms with Gasteiger partial charge in [0.25, 0.3) is 0 Å².